The third kappa shape index (κ3) is 3.98. The van der Waals surface area contributed by atoms with Gasteiger partial charge in [-0.1, -0.05) is 11.6 Å². The Balaban J connectivity index is 1.97. The van der Waals surface area contributed by atoms with Crippen molar-refractivity contribution < 1.29 is 4.79 Å². The molecule has 0 saturated heterocycles. The van der Waals surface area contributed by atoms with Crippen LogP contribution in [0.5, 0.6) is 0 Å². The molecule has 2 heterocycles. The molecule has 3 rings (SSSR count). The van der Waals surface area contributed by atoms with Gasteiger partial charge >= 0.3 is 0 Å². The number of H-pyrrole nitrogens is 1. The number of rotatable bonds is 6. The number of nitriles is 1. The van der Waals surface area contributed by atoms with Gasteiger partial charge in [-0.2, -0.15) is 5.26 Å². The van der Waals surface area contributed by atoms with Crippen molar-refractivity contribution >= 4 is 40.1 Å². The van der Waals surface area contributed by atoms with E-state index in [-0.39, 0.29) is 17.7 Å². The molecule has 0 aliphatic heterocycles. The van der Waals surface area contributed by atoms with Gasteiger partial charge in [-0.05, 0) is 39.0 Å². The van der Waals surface area contributed by atoms with Crippen LogP contribution in [0.4, 0.5) is 5.69 Å². The Bertz CT molecular complexity index is 1180. The van der Waals surface area contributed by atoms with Crippen molar-refractivity contribution in [3.8, 4) is 6.07 Å². The first-order valence-corrected chi connectivity index (χ1v) is 9.68. The lowest BCUT2D eigenvalue weighted by molar-refractivity contribution is 0.0921. The van der Waals surface area contributed by atoms with E-state index < -0.39 is 5.41 Å². The number of benzene rings is 1. The summed E-state index contributed by atoms with van der Waals surface area (Å²) in [6.45, 7) is 5.30. The summed E-state index contributed by atoms with van der Waals surface area (Å²) in [7, 11) is 1.75. The zero-order valence-corrected chi connectivity index (χ0v) is 17.8. The van der Waals surface area contributed by atoms with E-state index in [9.17, 15) is 10.1 Å². The van der Waals surface area contributed by atoms with Crippen molar-refractivity contribution in [1.29, 1.82) is 10.7 Å². The van der Waals surface area contributed by atoms with Gasteiger partial charge in [0.2, 0.25) is 0 Å². The molecule has 0 bridgehead atoms. The molecule has 1 amide bonds. The lowest BCUT2D eigenvalue weighted by atomic mass is 9.87. The van der Waals surface area contributed by atoms with E-state index >= 15 is 0 Å². The van der Waals surface area contributed by atoms with Crippen molar-refractivity contribution in [2.24, 2.45) is 5.41 Å². The monoisotopic (exact) mass is 423 g/mol. The van der Waals surface area contributed by atoms with Crippen LogP contribution in [-0.2, 0) is 0 Å². The largest absolute Gasteiger partial charge is 0.388 e. The highest BCUT2D eigenvalue weighted by Gasteiger charge is 2.28. The summed E-state index contributed by atoms with van der Waals surface area (Å²) in [4.78, 5) is 24.6. The molecule has 1 atom stereocenters. The van der Waals surface area contributed by atoms with Crippen LogP contribution in [0.2, 0.25) is 5.02 Å². The predicted molar refractivity (Wildman–Crippen MR) is 117 cm³/mol. The summed E-state index contributed by atoms with van der Waals surface area (Å²) in [6.07, 6.45) is 3.01. The van der Waals surface area contributed by atoms with Gasteiger partial charge in [0.05, 0.1) is 29.0 Å². The number of aromatic nitrogens is 3. The topological polar surface area (TPSA) is 130 Å². The molecule has 0 aliphatic rings. The molecule has 2 aromatic heterocycles. The normalized spacial score (nSPS) is 12.3. The van der Waals surface area contributed by atoms with Crippen LogP contribution in [0.3, 0.4) is 0 Å². The molecule has 0 fully saturated rings. The molecule has 3 aromatic rings. The molecule has 0 spiro atoms. The Morgan fingerprint density at radius 2 is 2.10 bits per heavy atom. The van der Waals surface area contributed by atoms with E-state index in [1.165, 1.54) is 12.4 Å². The first-order chi connectivity index (χ1) is 14.2. The summed E-state index contributed by atoms with van der Waals surface area (Å²) >= 11 is 6.04. The van der Waals surface area contributed by atoms with Gasteiger partial charge in [-0.15, -0.1) is 0 Å². The van der Waals surface area contributed by atoms with Crippen LogP contribution in [0, 0.1) is 22.2 Å². The Hall–Kier alpha value is -3.44. The van der Waals surface area contributed by atoms with Crippen molar-refractivity contribution in [3.05, 3.63) is 52.4 Å². The summed E-state index contributed by atoms with van der Waals surface area (Å²) in [5.74, 6) is -0.363. The number of nitrogens with one attached hydrogen (secondary N) is 4. The van der Waals surface area contributed by atoms with Crippen LogP contribution in [0.15, 0.2) is 30.6 Å². The average Bonchev–Trinajstić information content (AvgIpc) is 3.16. The van der Waals surface area contributed by atoms with Gasteiger partial charge < -0.3 is 15.6 Å². The fraction of sp³-hybridized carbons (Fsp3) is 0.286. The number of carbonyl (C=O) groups excluding carboxylic acids is 1. The Kier molecular flexibility index (Phi) is 5.76. The molecule has 154 valence electrons. The molecule has 9 heteroatoms. The molecule has 8 nitrogen and oxygen atoms in total. The molecule has 0 unspecified atom stereocenters. The third-order valence-corrected chi connectivity index (χ3v) is 5.36. The second-order valence-electron chi connectivity index (χ2n) is 7.50. The molecule has 0 aliphatic carbocycles. The van der Waals surface area contributed by atoms with E-state index in [1.54, 1.807) is 46.0 Å². The maximum absolute atomic E-state index is 12.8. The quantitative estimate of drug-likeness (QED) is 0.448. The van der Waals surface area contributed by atoms with Crippen molar-refractivity contribution in [1.82, 2.24) is 20.3 Å². The van der Waals surface area contributed by atoms with Crippen LogP contribution in [0.25, 0.3) is 11.2 Å². The molecular weight excluding hydrogens is 402 g/mol. The van der Waals surface area contributed by atoms with Crippen LogP contribution in [0.1, 0.15) is 42.4 Å². The van der Waals surface area contributed by atoms with E-state index in [0.717, 1.165) is 0 Å². The number of nitrogens with zero attached hydrogens (tertiary/aromatic N) is 3. The van der Waals surface area contributed by atoms with Crippen LogP contribution in [-0.4, -0.2) is 39.7 Å². The first kappa shape index (κ1) is 21.3. The number of anilines is 1. The molecule has 4 N–H and O–H groups in total. The zero-order valence-electron chi connectivity index (χ0n) is 17.1. The van der Waals surface area contributed by atoms with E-state index in [0.29, 0.717) is 38.7 Å². The number of halogens is 1. The smallest absolute Gasteiger partial charge is 0.255 e. The van der Waals surface area contributed by atoms with E-state index in [2.05, 4.69) is 31.7 Å². The minimum atomic E-state index is -0.723. The number of hydrogen-bond acceptors (Lipinski definition) is 6. The molecule has 30 heavy (non-hydrogen) atoms. The zero-order chi connectivity index (χ0) is 22.1. The van der Waals surface area contributed by atoms with Crippen LogP contribution >= 0.6 is 11.6 Å². The minimum Gasteiger partial charge on any atom is -0.388 e. The number of carbonyl (C=O) groups is 1. The SMILES string of the molecule is CNc1cc(Cl)ccc1C(=N)c1cnc2[nH]cc(C(=O)N[C@@H](C)C(C)(C)C#N)c2n1. The second-order valence-corrected chi connectivity index (χ2v) is 7.93. The highest BCUT2D eigenvalue weighted by molar-refractivity contribution is 6.31. The number of aromatic amines is 1. The lowest BCUT2D eigenvalue weighted by Gasteiger charge is -2.25. The predicted octanol–water partition coefficient (Wildman–Crippen LogP) is 3.74. The number of hydrogen-bond donors (Lipinski definition) is 4. The molecule has 0 saturated carbocycles. The van der Waals surface area contributed by atoms with Gasteiger partial charge in [0.15, 0.2) is 5.65 Å². The van der Waals surface area contributed by atoms with E-state index in [4.69, 9.17) is 17.0 Å². The molecular formula is C21H22ClN7O. The standard InChI is InChI=1S/C21H22ClN7O/c1-11(21(2,3)10-23)28-20(30)14-8-26-19-18(14)29-16(9-27-19)17(24)13-6-5-12(22)7-15(13)25-4/h5-9,11,24-25H,1-4H3,(H,26,27)(H,28,30)/t11-/m0/s1. The van der Waals surface area contributed by atoms with Crippen molar-refractivity contribution in [2.75, 3.05) is 12.4 Å². The third-order valence-electron chi connectivity index (χ3n) is 5.12. The van der Waals surface area contributed by atoms with Crippen LogP contribution < -0.4 is 10.6 Å². The number of amides is 1. The lowest BCUT2D eigenvalue weighted by Crippen LogP contribution is -2.42. The molecule has 1 aromatic carbocycles. The van der Waals surface area contributed by atoms with Gasteiger partial charge in [0.25, 0.3) is 5.91 Å². The average molecular weight is 424 g/mol. The highest BCUT2D eigenvalue weighted by Crippen LogP contribution is 2.24. The van der Waals surface area contributed by atoms with Gasteiger partial charge in [0, 0.05) is 35.6 Å². The summed E-state index contributed by atoms with van der Waals surface area (Å²) in [5.41, 5.74) is 2.15. The minimum absolute atomic E-state index is 0.150. The summed E-state index contributed by atoms with van der Waals surface area (Å²) < 4.78 is 0. The summed E-state index contributed by atoms with van der Waals surface area (Å²) in [6, 6.07) is 6.98. The van der Waals surface area contributed by atoms with Gasteiger partial charge in [-0.3, -0.25) is 10.2 Å². The van der Waals surface area contributed by atoms with Crippen molar-refractivity contribution in [2.45, 2.75) is 26.8 Å². The van der Waals surface area contributed by atoms with Gasteiger partial charge in [0.1, 0.15) is 11.2 Å². The Morgan fingerprint density at radius 3 is 2.77 bits per heavy atom. The van der Waals surface area contributed by atoms with Crippen molar-refractivity contribution in [3.63, 3.8) is 0 Å². The summed E-state index contributed by atoms with van der Waals surface area (Å²) in [5, 5.41) is 24.3. The number of fused-ring (bicyclic) bond motifs is 1. The Morgan fingerprint density at radius 1 is 1.37 bits per heavy atom. The second kappa shape index (κ2) is 8.13. The molecule has 0 radical (unpaired) electrons. The van der Waals surface area contributed by atoms with Gasteiger partial charge in [-0.25, -0.2) is 9.97 Å². The highest BCUT2D eigenvalue weighted by atomic mass is 35.5. The fourth-order valence-electron chi connectivity index (χ4n) is 2.82. The van der Waals surface area contributed by atoms with E-state index in [1.807, 2.05) is 0 Å². The maximum Gasteiger partial charge on any atom is 0.255 e. The fourth-order valence-corrected chi connectivity index (χ4v) is 2.99. The first-order valence-electron chi connectivity index (χ1n) is 9.30. The maximum atomic E-state index is 12.8. The Labute approximate surface area is 179 Å².